The molecular weight excluding hydrogens is 492 g/mol. The van der Waals surface area contributed by atoms with Gasteiger partial charge in [0.1, 0.15) is 10.8 Å². The van der Waals surface area contributed by atoms with Gasteiger partial charge in [0.15, 0.2) is 5.82 Å². The molecule has 5 rings (SSSR count). The van der Waals surface area contributed by atoms with E-state index in [4.69, 9.17) is 26.8 Å². The Labute approximate surface area is 222 Å². The number of ether oxygens (including phenoxy) is 2. The predicted molar refractivity (Wildman–Crippen MR) is 144 cm³/mol. The minimum Gasteiger partial charge on any atom is -0.495 e. The van der Waals surface area contributed by atoms with Gasteiger partial charge in [0.25, 0.3) is 0 Å². The first-order valence-electron chi connectivity index (χ1n) is 12.9. The Morgan fingerprint density at radius 1 is 1.16 bits per heavy atom. The summed E-state index contributed by atoms with van der Waals surface area (Å²) >= 11 is 6.45. The SMILES string of the molecule is COCCN[C@H]1CCc2cc(Nc3ncc(Cl)c(N[C@H]4[C@@H](C(N)=O)[C@@H]5C=C[C@H]4C5)n3)c(OC)cc2CC1. The topological polar surface area (TPSA) is 123 Å². The first-order chi connectivity index (χ1) is 18.0. The third kappa shape index (κ3) is 5.54. The number of anilines is 3. The molecule has 198 valence electrons. The van der Waals surface area contributed by atoms with Crippen molar-refractivity contribution in [2.24, 2.45) is 23.5 Å². The van der Waals surface area contributed by atoms with Crippen molar-refractivity contribution < 1.29 is 14.3 Å². The van der Waals surface area contributed by atoms with Crippen LogP contribution in [0, 0.1) is 17.8 Å². The number of aromatic nitrogens is 2. The van der Waals surface area contributed by atoms with Gasteiger partial charge in [-0.1, -0.05) is 23.8 Å². The van der Waals surface area contributed by atoms with Crippen LogP contribution in [0.3, 0.4) is 0 Å². The van der Waals surface area contributed by atoms with E-state index < -0.39 is 0 Å². The maximum Gasteiger partial charge on any atom is 0.229 e. The molecule has 0 spiro atoms. The van der Waals surface area contributed by atoms with Crippen molar-refractivity contribution in [1.29, 1.82) is 0 Å². The molecule has 0 aliphatic heterocycles. The quantitative estimate of drug-likeness (QED) is 0.211. The molecule has 1 aromatic heterocycles. The van der Waals surface area contributed by atoms with E-state index in [2.05, 4.69) is 50.2 Å². The number of primary amides is 1. The van der Waals surface area contributed by atoms with Crippen molar-refractivity contribution in [1.82, 2.24) is 15.3 Å². The van der Waals surface area contributed by atoms with Gasteiger partial charge in [0.2, 0.25) is 11.9 Å². The van der Waals surface area contributed by atoms with Crippen molar-refractivity contribution in [3.8, 4) is 5.75 Å². The molecule has 0 radical (unpaired) electrons. The minimum absolute atomic E-state index is 0.139. The van der Waals surface area contributed by atoms with Crippen molar-refractivity contribution in [3.63, 3.8) is 0 Å². The van der Waals surface area contributed by atoms with Gasteiger partial charge in [0, 0.05) is 25.7 Å². The number of fused-ring (bicyclic) bond motifs is 3. The minimum atomic E-state index is -0.302. The van der Waals surface area contributed by atoms with Crippen LogP contribution in [0.25, 0.3) is 0 Å². The molecule has 9 nitrogen and oxygen atoms in total. The number of hydrogen-bond donors (Lipinski definition) is 4. The lowest BCUT2D eigenvalue weighted by molar-refractivity contribution is -0.122. The summed E-state index contributed by atoms with van der Waals surface area (Å²) in [4.78, 5) is 21.2. The van der Waals surface area contributed by atoms with Crippen LogP contribution < -0.4 is 26.4 Å². The Hall–Kier alpha value is -2.88. The number of aryl methyl sites for hydroxylation is 2. The van der Waals surface area contributed by atoms with Gasteiger partial charge in [0.05, 0.1) is 31.5 Å². The van der Waals surface area contributed by atoms with Crippen LogP contribution in [0.4, 0.5) is 17.5 Å². The van der Waals surface area contributed by atoms with E-state index in [0.717, 1.165) is 50.1 Å². The number of nitrogens with zero attached hydrogens (tertiary/aromatic N) is 2. The zero-order valence-electron chi connectivity index (χ0n) is 21.3. The third-order valence-corrected chi connectivity index (χ3v) is 8.14. The van der Waals surface area contributed by atoms with Crippen molar-refractivity contribution in [2.45, 2.75) is 44.2 Å². The lowest BCUT2D eigenvalue weighted by atomic mass is 9.88. The molecule has 5 N–H and O–H groups in total. The summed E-state index contributed by atoms with van der Waals surface area (Å²) in [5.41, 5.74) is 9.13. The Morgan fingerprint density at radius 2 is 1.92 bits per heavy atom. The van der Waals surface area contributed by atoms with Crippen LogP contribution in [-0.4, -0.2) is 55.3 Å². The van der Waals surface area contributed by atoms with E-state index in [1.807, 2.05) is 0 Å². The summed E-state index contributed by atoms with van der Waals surface area (Å²) in [7, 11) is 3.39. The van der Waals surface area contributed by atoms with E-state index in [1.165, 1.54) is 11.1 Å². The summed E-state index contributed by atoms with van der Waals surface area (Å²) in [5.74, 6) is 1.42. The zero-order valence-corrected chi connectivity index (χ0v) is 22.1. The van der Waals surface area contributed by atoms with Crippen LogP contribution in [0.2, 0.25) is 5.02 Å². The van der Waals surface area contributed by atoms with E-state index in [0.29, 0.717) is 29.4 Å². The highest BCUT2D eigenvalue weighted by Gasteiger charge is 2.47. The highest BCUT2D eigenvalue weighted by molar-refractivity contribution is 6.32. The standard InChI is InChI=1S/C27H35ClN6O3/c1-36-10-9-30-19-7-5-15-12-21(22(37-2)13-16(15)6-8-19)32-27-31-14-20(28)26(34-27)33-24-18-4-3-17(11-18)23(24)25(29)35/h3-4,12-14,17-19,23-24,30H,5-11H2,1-2H3,(H2,29,35)(H2,31,32,33,34)/t17-,18+,19+,23+,24-/m1/s1. The number of rotatable bonds is 10. The summed E-state index contributed by atoms with van der Waals surface area (Å²) in [6.07, 6.45) is 10.8. The Morgan fingerprint density at radius 3 is 2.65 bits per heavy atom. The lowest BCUT2D eigenvalue weighted by Crippen LogP contribution is -2.41. The van der Waals surface area contributed by atoms with E-state index >= 15 is 0 Å². The second-order valence-corrected chi connectivity index (χ2v) is 10.5. The monoisotopic (exact) mass is 526 g/mol. The summed E-state index contributed by atoms with van der Waals surface area (Å²) in [6.45, 7) is 1.57. The summed E-state index contributed by atoms with van der Waals surface area (Å²) in [5, 5.41) is 10.7. The molecule has 1 fully saturated rings. The predicted octanol–water partition coefficient (Wildman–Crippen LogP) is 3.45. The molecule has 1 saturated carbocycles. The van der Waals surface area contributed by atoms with Gasteiger partial charge in [-0.2, -0.15) is 4.98 Å². The number of nitrogens with one attached hydrogen (secondary N) is 3. The fourth-order valence-electron chi connectivity index (χ4n) is 5.99. The largest absolute Gasteiger partial charge is 0.495 e. The molecule has 10 heteroatoms. The normalized spacial score (nSPS) is 26.0. The van der Waals surface area contributed by atoms with Gasteiger partial charge < -0.3 is 31.2 Å². The number of carbonyl (C=O) groups excluding carboxylic acids is 1. The number of amides is 1. The summed E-state index contributed by atoms with van der Waals surface area (Å²) < 4.78 is 10.9. The van der Waals surface area contributed by atoms with E-state index in [-0.39, 0.29) is 29.7 Å². The molecule has 37 heavy (non-hydrogen) atoms. The second kappa shape index (κ2) is 11.2. The maximum atomic E-state index is 12.1. The van der Waals surface area contributed by atoms with Crippen LogP contribution in [0.5, 0.6) is 5.75 Å². The van der Waals surface area contributed by atoms with Crippen molar-refractivity contribution in [3.05, 3.63) is 46.6 Å². The highest BCUT2D eigenvalue weighted by Crippen LogP contribution is 2.45. The Balaban J connectivity index is 1.33. The number of carbonyl (C=O) groups is 1. The first-order valence-corrected chi connectivity index (χ1v) is 13.3. The van der Waals surface area contributed by atoms with Crippen LogP contribution >= 0.6 is 11.6 Å². The molecule has 5 atom stereocenters. The van der Waals surface area contributed by atoms with Crippen molar-refractivity contribution >= 4 is 35.0 Å². The third-order valence-electron chi connectivity index (χ3n) is 7.87. The van der Waals surface area contributed by atoms with Gasteiger partial charge in [-0.15, -0.1) is 0 Å². The maximum absolute atomic E-state index is 12.1. The second-order valence-electron chi connectivity index (χ2n) is 10.1. The molecule has 1 amide bonds. The molecule has 1 heterocycles. The smallest absolute Gasteiger partial charge is 0.229 e. The Kier molecular flexibility index (Phi) is 7.83. The fourth-order valence-corrected chi connectivity index (χ4v) is 6.13. The van der Waals surface area contributed by atoms with Gasteiger partial charge in [-0.05, 0) is 67.2 Å². The number of allylic oxidation sites excluding steroid dienone is 1. The van der Waals surface area contributed by atoms with E-state index in [1.54, 1.807) is 20.4 Å². The van der Waals surface area contributed by atoms with Crippen molar-refractivity contribution in [2.75, 3.05) is 38.0 Å². The zero-order chi connectivity index (χ0) is 25.9. The van der Waals surface area contributed by atoms with Crippen LogP contribution in [0.1, 0.15) is 30.4 Å². The van der Waals surface area contributed by atoms with Gasteiger partial charge in [-0.3, -0.25) is 4.79 Å². The number of halogens is 1. The average molecular weight is 527 g/mol. The molecule has 3 aliphatic carbocycles. The number of hydrogen-bond acceptors (Lipinski definition) is 8. The summed E-state index contributed by atoms with van der Waals surface area (Å²) in [6, 6.07) is 4.58. The lowest BCUT2D eigenvalue weighted by Gasteiger charge is -2.27. The molecule has 0 saturated heterocycles. The molecule has 2 bridgehead atoms. The average Bonchev–Trinajstić information content (AvgIpc) is 3.44. The van der Waals surface area contributed by atoms with Gasteiger partial charge >= 0.3 is 0 Å². The number of nitrogens with two attached hydrogens (primary N) is 1. The van der Waals surface area contributed by atoms with Gasteiger partial charge in [-0.25, -0.2) is 4.98 Å². The number of methoxy groups -OCH3 is 2. The molecule has 3 aliphatic rings. The first kappa shape index (κ1) is 25.8. The van der Waals surface area contributed by atoms with Crippen LogP contribution in [-0.2, 0) is 22.4 Å². The van der Waals surface area contributed by atoms with E-state index in [9.17, 15) is 4.79 Å². The molecule has 0 unspecified atom stereocenters. The fraction of sp³-hybridized carbons (Fsp3) is 0.519. The molecular formula is C27H35ClN6O3. The van der Waals surface area contributed by atoms with Crippen LogP contribution in [0.15, 0.2) is 30.5 Å². The number of benzene rings is 1. The highest BCUT2D eigenvalue weighted by atomic mass is 35.5. The molecule has 1 aromatic carbocycles. The Bertz CT molecular complexity index is 1180. The molecule has 2 aromatic rings.